The zero-order valence-corrected chi connectivity index (χ0v) is 19.8. The summed E-state index contributed by atoms with van der Waals surface area (Å²) in [5, 5.41) is 5.61. The largest absolute Gasteiger partial charge is 0.446 e. The number of carbonyl (C=O) groups excluding carboxylic acids is 3. The first-order chi connectivity index (χ1) is 16.6. The number of rotatable bonds is 6. The van der Waals surface area contributed by atoms with Crippen molar-refractivity contribution >= 4 is 41.0 Å². The number of amides is 4. The summed E-state index contributed by atoms with van der Waals surface area (Å²) in [6.45, 7) is 1.76. The molecule has 2 heterocycles. The van der Waals surface area contributed by atoms with Gasteiger partial charge in [-0.05, 0) is 60.5 Å². The highest BCUT2D eigenvalue weighted by atomic mass is 32.2. The third kappa shape index (κ3) is 5.77. The lowest BCUT2D eigenvalue weighted by Crippen LogP contribution is -2.35. The van der Waals surface area contributed by atoms with Gasteiger partial charge in [0.25, 0.3) is 5.91 Å². The van der Waals surface area contributed by atoms with Crippen molar-refractivity contribution in [3.8, 4) is 0 Å². The SMILES string of the molecule is CC(c1ccncc1NC(=O)C1CCCCC1)C1NC(=O)N(c2ccc(SC(F)(F)F)cc2)C1=O. The maximum absolute atomic E-state index is 13.2. The van der Waals surface area contributed by atoms with Gasteiger partial charge in [0.15, 0.2) is 0 Å². The molecule has 2 atom stereocenters. The fraction of sp³-hybridized carbons (Fsp3) is 0.417. The molecule has 7 nitrogen and oxygen atoms in total. The number of alkyl halides is 3. The van der Waals surface area contributed by atoms with Crippen molar-refractivity contribution in [2.75, 3.05) is 10.2 Å². The molecule has 2 N–H and O–H groups in total. The molecule has 1 saturated heterocycles. The Morgan fingerprint density at radius 2 is 1.83 bits per heavy atom. The van der Waals surface area contributed by atoms with Gasteiger partial charge in [-0.25, -0.2) is 9.69 Å². The Bertz CT molecular complexity index is 1100. The number of aromatic nitrogens is 1. The second kappa shape index (κ2) is 10.3. The van der Waals surface area contributed by atoms with E-state index in [0.29, 0.717) is 11.3 Å². The lowest BCUT2D eigenvalue weighted by atomic mass is 9.88. The number of imide groups is 1. The number of nitrogens with zero attached hydrogens (tertiary/aromatic N) is 2. The Labute approximate surface area is 204 Å². The second-order valence-electron chi connectivity index (χ2n) is 8.72. The van der Waals surface area contributed by atoms with Crippen LogP contribution in [0.2, 0.25) is 0 Å². The number of anilines is 2. The average molecular weight is 507 g/mol. The molecule has 1 aromatic heterocycles. The third-order valence-corrected chi connectivity index (χ3v) is 7.12. The van der Waals surface area contributed by atoms with E-state index in [1.165, 1.54) is 30.5 Å². The number of pyridine rings is 1. The molecule has 2 aliphatic rings. The number of urea groups is 1. The van der Waals surface area contributed by atoms with Gasteiger partial charge in [-0.3, -0.25) is 14.6 Å². The van der Waals surface area contributed by atoms with Gasteiger partial charge in [-0.15, -0.1) is 0 Å². The minimum Gasteiger partial charge on any atom is -0.325 e. The highest BCUT2D eigenvalue weighted by molar-refractivity contribution is 8.00. The fourth-order valence-corrected chi connectivity index (χ4v) is 5.10. The zero-order chi connectivity index (χ0) is 25.2. The number of hydrogen-bond donors (Lipinski definition) is 2. The quantitative estimate of drug-likeness (QED) is 0.402. The van der Waals surface area contributed by atoms with Crippen LogP contribution >= 0.6 is 11.8 Å². The van der Waals surface area contributed by atoms with Gasteiger partial charge in [-0.1, -0.05) is 26.2 Å². The molecular weight excluding hydrogens is 481 g/mol. The molecule has 0 spiro atoms. The molecule has 1 aliphatic carbocycles. The highest BCUT2D eigenvalue weighted by Crippen LogP contribution is 2.38. The van der Waals surface area contributed by atoms with Crippen LogP contribution in [0.1, 0.15) is 50.5 Å². The van der Waals surface area contributed by atoms with Crippen molar-refractivity contribution in [2.45, 2.75) is 61.4 Å². The average Bonchev–Trinajstić information content (AvgIpc) is 3.13. The topological polar surface area (TPSA) is 91.4 Å². The highest BCUT2D eigenvalue weighted by Gasteiger charge is 2.43. The fourth-order valence-electron chi connectivity index (χ4n) is 4.56. The summed E-state index contributed by atoms with van der Waals surface area (Å²) in [5.41, 5.74) is -3.11. The number of benzene rings is 1. The third-order valence-electron chi connectivity index (χ3n) is 6.38. The van der Waals surface area contributed by atoms with Gasteiger partial charge in [0, 0.05) is 22.9 Å². The number of thioether (sulfide) groups is 1. The zero-order valence-electron chi connectivity index (χ0n) is 19.0. The van der Waals surface area contributed by atoms with Gasteiger partial charge in [0.05, 0.1) is 17.6 Å². The predicted octanol–water partition coefficient (Wildman–Crippen LogP) is 5.44. The Morgan fingerprint density at radius 1 is 1.14 bits per heavy atom. The molecule has 2 aromatic rings. The van der Waals surface area contributed by atoms with E-state index >= 15 is 0 Å². The molecule has 2 unspecified atom stereocenters. The molecule has 2 fully saturated rings. The number of hydrogen-bond acceptors (Lipinski definition) is 5. The summed E-state index contributed by atoms with van der Waals surface area (Å²) in [5.74, 6) is -1.17. The van der Waals surface area contributed by atoms with Crippen molar-refractivity contribution in [2.24, 2.45) is 5.92 Å². The van der Waals surface area contributed by atoms with E-state index in [2.05, 4.69) is 15.6 Å². The number of carbonyl (C=O) groups is 3. The van der Waals surface area contributed by atoms with Crippen molar-refractivity contribution in [1.82, 2.24) is 10.3 Å². The summed E-state index contributed by atoms with van der Waals surface area (Å²) in [4.78, 5) is 43.6. The predicted molar refractivity (Wildman–Crippen MR) is 126 cm³/mol. The lowest BCUT2D eigenvalue weighted by Gasteiger charge is -2.24. The molecular formula is C24H25F3N4O3S. The van der Waals surface area contributed by atoms with Crippen LogP contribution in [0.25, 0.3) is 0 Å². The Balaban J connectivity index is 1.50. The van der Waals surface area contributed by atoms with Crippen molar-refractivity contribution in [1.29, 1.82) is 0 Å². The molecule has 1 aromatic carbocycles. The minimum atomic E-state index is -4.43. The van der Waals surface area contributed by atoms with Gasteiger partial charge in [0.2, 0.25) is 5.91 Å². The lowest BCUT2D eigenvalue weighted by molar-refractivity contribution is -0.120. The van der Waals surface area contributed by atoms with E-state index in [-0.39, 0.29) is 34.2 Å². The van der Waals surface area contributed by atoms with Crippen LogP contribution < -0.4 is 15.5 Å². The minimum absolute atomic E-state index is 0.0478. The molecule has 35 heavy (non-hydrogen) atoms. The van der Waals surface area contributed by atoms with Crippen LogP contribution in [0.15, 0.2) is 47.6 Å². The van der Waals surface area contributed by atoms with Gasteiger partial charge in [0.1, 0.15) is 6.04 Å². The Morgan fingerprint density at radius 3 is 2.49 bits per heavy atom. The normalized spacial score (nSPS) is 20.0. The molecule has 1 aliphatic heterocycles. The monoisotopic (exact) mass is 506 g/mol. The second-order valence-corrected chi connectivity index (χ2v) is 9.86. The van der Waals surface area contributed by atoms with E-state index in [9.17, 15) is 27.6 Å². The first-order valence-electron chi connectivity index (χ1n) is 11.4. The van der Waals surface area contributed by atoms with Gasteiger partial charge in [-0.2, -0.15) is 13.2 Å². The van der Waals surface area contributed by atoms with E-state index in [1.54, 1.807) is 19.2 Å². The van der Waals surface area contributed by atoms with Crippen molar-refractivity contribution in [3.63, 3.8) is 0 Å². The van der Waals surface area contributed by atoms with Crippen molar-refractivity contribution in [3.05, 3.63) is 48.3 Å². The summed E-state index contributed by atoms with van der Waals surface area (Å²) < 4.78 is 37.8. The molecule has 0 radical (unpaired) electrons. The number of nitrogens with one attached hydrogen (secondary N) is 2. The van der Waals surface area contributed by atoms with E-state index in [4.69, 9.17) is 0 Å². The van der Waals surface area contributed by atoms with Crippen molar-refractivity contribution < 1.29 is 27.6 Å². The van der Waals surface area contributed by atoms with Crippen LogP contribution in [0.5, 0.6) is 0 Å². The Hall–Kier alpha value is -3.08. The number of halogens is 3. The first kappa shape index (κ1) is 25.0. The molecule has 0 bridgehead atoms. The summed E-state index contributed by atoms with van der Waals surface area (Å²) in [6, 6.07) is 5.16. The molecule has 4 rings (SSSR count). The molecule has 11 heteroatoms. The van der Waals surface area contributed by atoms with Gasteiger partial charge >= 0.3 is 11.5 Å². The van der Waals surface area contributed by atoms with Crippen LogP contribution in [0.3, 0.4) is 0 Å². The maximum Gasteiger partial charge on any atom is 0.446 e. The van der Waals surface area contributed by atoms with E-state index in [1.807, 2.05) is 0 Å². The standard InChI is InChI=1S/C24H25F3N4O3S/c1-14(18-11-12-28-13-19(18)29-21(32)15-5-3-2-4-6-15)20-22(33)31(23(34)30-20)16-7-9-17(10-8-16)35-24(25,26)27/h7-15,20H,2-6H2,1H3,(H,29,32)(H,30,34). The summed E-state index contributed by atoms with van der Waals surface area (Å²) in [6.07, 6.45) is 7.92. The smallest absolute Gasteiger partial charge is 0.325 e. The Kier molecular flexibility index (Phi) is 7.34. The first-order valence-corrected chi connectivity index (χ1v) is 12.2. The van der Waals surface area contributed by atoms with Crippen LogP contribution in [0, 0.1) is 5.92 Å². The van der Waals surface area contributed by atoms with E-state index < -0.39 is 29.4 Å². The van der Waals surface area contributed by atoms with E-state index in [0.717, 1.165) is 37.0 Å². The molecule has 186 valence electrons. The molecule has 4 amide bonds. The summed E-state index contributed by atoms with van der Waals surface area (Å²) in [7, 11) is 0. The van der Waals surface area contributed by atoms with Crippen LogP contribution in [0.4, 0.5) is 29.3 Å². The summed E-state index contributed by atoms with van der Waals surface area (Å²) >= 11 is -0.272. The van der Waals surface area contributed by atoms with Crippen LogP contribution in [-0.2, 0) is 9.59 Å². The van der Waals surface area contributed by atoms with Crippen LogP contribution in [-0.4, -0.2) is 34.4 Å². The van der Waals surface area contributed by atoms with Gasteiger partial charge < -0.3 is 10.6 Å². The maximum atomic E-state index is 13.2. The molecule has 1 saturated carbocycles.